The summed E-state index contributed by atoms with van der Waals surface area (Å²) in [6.07, 6.45) is 0. The molecule has 0 bridgehead atoms. The second-order valence-electron chi connectivity index (χ2n) is 4.20. The molecule has 0 spiro atoms. The summed E-state index contributed by atoms with van der Waals surface area (Å²) in [6, 6.07) is 5.33. The number of ether oxygens (including phenoxy) is 2. The fourth-order valence-electron chi connectivity index (χ4n) is 1.86. The molecule has 1 heterocycles. The van der Waals surface area contributed by atoms with Crippen molar-refractivity contribution in [2.45, 2.75) is 0 Å². The van der Waals surface area contributed by atoms with E-state index in [-0.39, 0.29) is 11.3 Å². The lowest BCUT2D eigenvalue weighted by Gasteiger charge is -2.26. The number of hydrogen-bond donors (Lipinski definition) is 1. The molecule has 5 nitrogen and oxygen atoms in total. The van der Waals surface area contributed by atoms with Crippen LogP contribution in [0.4, 0.5) is 4.39 Å². The van der Waals surface area contributed by atoms with Crippen molar-refractivity contribution in [1.29, 1.82) is 0 Å². The Morgan fingerprint density at radius 3 is 2.95 bits per heavy atom. The van der Waals surface area contributed by atoms with Crippen molar-refractivity contribution in [2.24, 2.45) is 5.73 Å². The van der Waals surface area contributed by atoms with E-state index in [2.05, 4.69) is 11.0 Å². The Balaban J connectivity index is 1.88. The summed E-state index contributed by atoms with van der Waals surface area (Å²) in [5, 5.41) is 0. The number of carbonyl (C=O) groups is 1. The van der Waals surface area contributed by atoms with Crippen LogP contribution in [-0.2, 0) is 4.74 Å². The van der Waals surface area contributed by atoms with Gasteiger partial charge >= 0.3 is 0 Å². The van der Waals surface area contributed by atoms with Gasteiger partial charge in [0.05, 0.1) is 18.8 Å². The lowest BCUT2D eigenvalue weighted by atomic mass is 10.2. The van der Waals surface area contributed by atoms with Crippen molar-refractivity contribution in [3.63, 3.8) is 0 Å². The second-order valence-corrected chi connectivity index (χ2v) is 4.20. The summed E-state index contributed by atoms with van der Waals surface area (Å²) in [5.41, 5.74) is 4.88. The predicted octanol–water partition coefficient (Wildman–Crippen LogP) is 0.436. The Hall–Kier alpha value is -1.66. The number of amides is 1. The SMILES string of the molecule is NC(=O)c1cc[c]c(OCCN2CCOCC2)c1F. The largest absolute Gasteiger partial charge is 0.488 e. The number of benzene rings is 1. The van der Waals surface area contributed by atoms with Crippen molar-refractivity contribution < 1.29 is 18.7 Å². The van der Waals surface area contributed by atoms with Crippen LogP contribution in [0.15, 0.2) is 12.1 Å². The molecular formula is C13H16FN2O3. The third-order valence-corrected chi connectivity index (χ3v) is 2.92. The van der Waals surface area contributed by atoms with Crippen molar-refractivity contribution in [3.8, 4) is 5.75 Å². The molecule has 2 rings (SSSR count). The average Bonchev–Trinajstić information content (AvgIpc) is 2.41. The van der Waals surface area contributed by atoms with Crippen LogP contribution in [0.3, 0.4) is 0 Å². The Morgan fingerprint density at radius 2 is 2.26 bits per heavy atom. The number of rotatable bonds is 5. The zero-order chi connectivity index (χ0) is 13.7. The molecule has 0 aromatic heterocycles. The maximum Gasteiger partial charge on any atom is 0.251 e. The van der Waals surface area contributed by atoms with Crippen LogP contribution in [0.25, 0.3) is 0 Å². The van der Waals surface area contributed by atoms with Crippen LogP contribution in [0.1, 0.15) is 10.4 Å². The van der Waals surface area contributed by atoms with Gasteiger partial charge in [0.2, 0.25) is 0 Å². The summed E-state index contributed by atoms with van der Waals surface area (Å²) in [5.74, 6) is -1.63. The first-order chi connectivity index (χ1) is 9.18. The first-order valence-corrected chi connectivity index (χ1v) is 6.11. The van der Waals surface area contributed by atoms with E-state index in [0.29, 0.717) is 26.4 Å². The molecule has 1 aliphatic rings. The number of morpholine rings is 1. The minimum Gasteiger partial charge on any atom is -0.488 e. The van der Waals surface area contributed by atoms with E-state index in [4.69, 9.17) is 15.2 Å². The highest BCUT2D eigenvalue weighted by Gasteiger charge is 2.14. The second kappa shape index (κ2) is 6.49. The molecule has 1 aromatic carbocycles. The number of carbonyl (C=O) groups excluding carboxylic acids is 1. The Labute approximate surface area is 111 Å². The summed E-state index contributed by atoms with van der Waals surface area (Å²) in [7, 11) is 0. The number of nitrogens with zero attached hydrogens (tertiary/aromatic N) is 1. The lowest BCUT2D eigenvalue weighted by Crippen LogP contribution is -2.38. The third-order valence-electron chi connectivity index (χ3n) is 2.92. The van der Waals surface area contributed by atoms with E-state index in [1.165, 1.54) is 12.1 Å². The van der Waals surface area contributed by atoms with Crippen molar-refractivity contribution in [3.05, 3.63) is 29.6 Å². The van der Waals surface area contributed by atoms with E-state index >= 15 is 0 Å². The molecule has 6 heteroatoms. The maximum absolute atomic E-state index is 13.8. The topological polar surface area (TPSA) is 64.8 Å². The Morgan fingerprint density at radius 1 is 1.53 bits per heavy atom. The highest BCUT2D eigenvalue weighted by atomic mass is 19.1. The summed E-state index contributed by atoms with van der Waals surface area (Å²) < 4.78 is 24.3. The van der Waals surface area contributed by atoms with E-state index in [1.807, 2.05) is 0 Å². The average molecular weight is 267 g/mol. The van der Waals surface area contributed by atoms with E-state index in [1.54, 1.807) is 0 Å². The fourth-order valence-corrected chi connectivity index (χ4v) is 1.86. The molecule has 2 N–H and O–H groups in total. The van der Waals surface area contributed by atoms with Gasteiger partial charge in [-0.3, -0.25) is 9.69 Å². The highest BCUT2D eigenvalue weighted by molar-refractivity contribution is 5.93. The zero-order valence-corrected chi connectivity index (χ0v) is 10.5. The molecule has 0 atom stereocenters. The predicted molar refractivity (Wildman–Crippen MR) is 66.5 cm³/mol. The first-order valence-electron chi connectivity index (χ1n) is 6.11. The van der Waals surface area contributed by atoms with Gasteiger partial charge in [-0.1, -0.05) is 0 Å². The molecule has 1 fully saturated rings. The number of halogens is 1. The van der Waals surface area contributed by atoms with Gasteiger partial charge in [-0.25, -0.2) is 4.39 Å². The van der Waals surface area contributed by atoms with Crippen LogP contribution in [0.5, 0.6) is 5.75 Å². The number of nitrogens with two attached hydrogens (primary N) is 1. The number of hydrogen-bond acceptors (Lipinski definition) is 4. The van der Waals surface area contributed by atoms with Gasteiger partial charge in [-0.05, 0) is 12.1 Å². The summed E-state index contributed by atoms with van der Waals surface area (Å²) >= 11 is 0. The summed E-state index contributed by atoms with van der Waals surface area (Å²) in [4.78, 5) is 13.2. The van der Waals surface area contributed by atoms with Crippen LogP contribution in [-0.4, -0.2) is 50.3 Å². The molecule has 1 amide bonds. The zero-order valence-electron chi connectivity index (χ0n) is 10.5. The van der Waals surface area contributed by atoms with Crippen molar-refractivity contribution in [2.75, 3.05) is 39.5 Å². The molecule has 1 aromatic rings. The molecule has 0 aliphatic carbocycles. The monoisotopic (exact) mass is 267 g/mol. The smallest absolute Gasteiger partial charge is 0.251 e. The third kappa shape index (κ3) is 3.65. The molecule has 1 saturated heterocycles. The van der Waals surface area contributed by atoms with Crippen molar-refractivity contribution >= 4 is 5.91 Å². The normalized spacial score (nSPS) is 16.3. The molecule has 103 valence electrons. The summed E-state index contributed by atoms with van der Waals surface area (Å²) in [6.45, 7) is 4.11. The molecule has 1 aliphatic heterocycles. The molecule has 0 unspecified atom stereocenters. The number of primary amides is 1. The lowest BCUT2D eigenvalue weighted by molar-refractivity contribution is 0.0320. The van der Waals surface area contributed by atoms with E-state index in [9.17, 15) is 9.18 Å². The van der Waals surface area contributed by atoms with Crippen LogP contribution >= 0.6 is 0 Å². The maximum atomic E-state index is 13.8. The van der Waals surface area contributed by atoms with Gasteiger partial charge in [0.1, 0.15) is 6.61 Å². The highest BCUT2D eigenvalue weighted by Crippen LogP contribution is 2.19. The first kappa shape index (κ1) is 13.8. The Kier molecular flexibility index (Phi) is 4.70. The van der Waals surface area contributed by atoms with Gasteiger partial charge in [-0.2, -0.15) is 0 Å². The van der Waals surface area contributed by atoms with E-state index < -0.39 is 11.7 Å². The molecule has 1 radical (unpaired) electrons. The quantitative estimate of drug-likeness (QED) is 0.840. The standard InChI is InChI=1S/C13H16FN2O3/c14-12-10(13(15)17)2-1-3-11(12)19-9-6-16-4-7-18-8-5-16/h1-2H,4-9H2,(H2,15,17). The molecule has 19 heavy (non-hydrogen) atoms. The minimum atomic E-state index is -0.815. The van der Waals surface area contributed by atoms with Gasteiger partial charge in [0.25, 0.3) is 5.91 Å². The van der Waals surface area contributed by atoms with Gasteiger partial charge < -0.3 is 15.2 Å². The molecule has 0 saturated carbocycles. The van der Waals surface area contributed by atoms with Crippen LogP contribution < -0.4 is 10.5 Å². The van der Waals surface area contributed by atoms with Crippen LogP contribution in [0, 0.1) is 11.9 Å². The van der Waals surface area contributed by atoms with Gasteiger partial charge in [0.15, 0.2) is 11.6 Å². The van der Waals surface area contributed by atoms with Crippen molar-refractivity contribution in [1.82, 2.24) is 4.90 Å². The Bertz CT molecular complexity index is 448. The van der Waals surface area contributed by atoms with Gasteiger partial charge in [-0.15, -0.1) is 0 Å². The van der Waals surface area contributed by atoms with Crippen LogP contribution in [0.2, 0.25) is 0 Å². The van der Waals surface area contributed by atoms with E-state index in [0.717, 1.165) is 13.1 Å². The minimum absolute atomic E-state index is 0.0652. The van der Waals surface area contributed by atoms with Gasteiger partial charge in [0, 0.05) is 25.7 Å². The molecular weight excluding hydrogens is 251 g/mol. The fraction of sp³-hybridized carbons (Fsp3) is 0.462.